The number of hydrogen-bond donors (Lipinski definition) is 0. The summed E-state index contributed by atoms with van der Waals surface area (Å²) in [5.74, 6) is 1.64. The summed E-state index contributed by atoms with van der Waals surface area (Å²) in [5.41, 5.74) is 0.659. The topological polar surface area (TPSA) is 57.2 Å². The van der Waals surface area contributed by atoms with Crippen molar-refractivity contribution in [3.63, 3.8) is 0 Å². The Morgan fingerprint density at radius 1 is 1.36 bits per heavy atom. The summed E-state index contributed by atoms with van der Waals surface area (Å²) in [4.78, 5) is 14.9. The van der Waals surface area contributed by atoms with E-state index in [4.69, 9.17) is 18.9 Å². The SMILES string of the molecule is CCCCC12[C@@H]3C[C@H]4[C@H]5[C@H](C)/C(=C6/OC(=O)C(C)=C6OC)O[C@]5(O3)[C@@H]1CCN42. The van der Waals surface area contributed by atoms with E-state index in [1.807, 2.05) is 0 Å². The average molecular weight is 387 g/mol. The first kappa shape index (κ1) is 17.3. The molecule has 5 saturated heterocycles. The number of rotatable bonds is 4. The second-order valence-electron chi connectivity index (χ2n) is 9.42. The van der Waals surface area contributed by atoms with Gasteiger partial charge in [0.25, 0.3) is 0 Å². The fourth-order valence-corrected chi connectivity index (χ4v) is 7.64. The van der Waals surface area contributed by atoms with Gasteiger partial charge in [0.2, 0.25) is 11.5 Å². The van der Waals surface area contributed by atoms with E-state index < -0.39 is 5.79 Å². The van der Waals surface area contributed by atoms with E-state index in [0.717, 1.165) is 25.1 Å². The highest BCUT2D eigenvalue weighted by Gasteiger charge is 2.84. The van der Waals surface area contributed by atoms with Crippen molar-refractivity contribution in [2.45, 2.75) is 76.3 Å². The van der Waals surface area contributed by atoms with Crippen LogP contribution in [-0.4, -0.2) is 48.0 Å². The smallest absolute Gasteiger partial charge is 0.343 e. The normalized spacial score (nSPS) is 52.5. The van der Waals surface area contributed by atoms with Gasteiger partial charge in [-0.3, -0.25) is 4.90 Å². The van der Waals surface area contributed by atoms with Gasteiger partial charge in [-0.2, -0.15) is 0 Å². The van der Waals surface area contributed by atoms with Crippen LogP contribution in [-0.2, 0) is 23.7 Å². The van der Waals surface area contributed by atoms with Crippen molar-refractivity contribution in [3.05, 3.63) is 22.9 Å². The van der Waals surface area contributed by atoms with Gasteiger partial charge in [0, 0.05) is 17.9 Å². The zero-order valence-electron chi connectivity index (χ0n) is 17.1. The summed E-state index contributed by atoms with van der Waals surface area (Å²) < 4.78 is 24.7. The Morgan fingerprint density at radius 3 is 2.93 bits per heavy atom. The Balaban J connectivity index is 1.46. The number of carbonyl (C=O) groups excluding carboxylic acids is 1. The van der Waals surface area contributed by atoms with Gasteiger partial charge in [-0.1, -0.05) is 26.7 Å². The van der Waals surface area contributed by atoms with E-state index in [-0.39, 0.29) is 29.4 Å². The summed E-state index contributed by atoms with van der Waals surface area (Å²) in [6.45, 7) is 7.37. The van der Waals surface area contributed by atoms with Crippen molar-refractivity contribution in [1.82, 2.24) is 4.90 Å². The zero-order chi connectivity index (χ0) is 19.4. The number of methoxy groups -OCH3 is 1. The van der Waals surface area contributed by atoms with E-state index in [2.05, 4.69) is 18.7 Å². The molecule has 28 heavy (non-hydrogen) atoms. The molecule has 0 saturated carbocycles. The molecule has 6 rings (SSSR count). The van der Waals surface area contributed by atoms with E-state index in [0.29, 0.717) is 29.1 Å². The van der Waals surface area contributed by atoms with E-state index in [1.54, 1.807) is 14.0 Å². The molecule has 6 heteroatoms. The number of carbonyl (C=O) groups is 1. The second kappa shape index (κ2) is 5.33. The predicted molar refractivity (Wildman–Crippen MR) is 99.6 cm³/mol. The third-order valence-corrected chi connectivity index (χ3v) is 8.53. The lowest BCUT2D eigenvalue weighted by atomic mass is 9.69. The average Bonchev–Trinajstić information content (AvgIpc) is 3.38. The summed E-state index contributed by atoms with van der Waals surface area (Å²) in [6.07, 6.45) is 6.15. The Morgan fingerprint density at radius 2 is 2.18 bits per heavy atom. The summed E-state index contributed by atoms with van der Waals surface area (Å²) in [5, 5.41) is 0. The minimum atomic E-state index is -0.558. The van der Waals surface area contributed by atoms with Crippen molar-refractivity contribution >= 4 is 5.97 Å². The fourth-order valence-electron chi connectivity index (χ4n) is 7.64. The van der Waals surface area contributed by atoms with Gasteiger partial charge in [-0.05, 0) is 32.7 Å². The summed E-state index contributed by atoms with van der Waals surface area (Å²) in [7, 11) is 1.58. The van der Waals surface area contributed by atoms with Crippen LogP contribution in [0.4, 0.5) is 0 Å². The molecule has 0 aromatic heterocycles. The zero-order valence-corrected chi connectivity index (χ0v) is 17.1. The molecule has 6 aliphatic heterocycles. The number of hydrogen-bond acceptors (Lipinski definition) is 6. The fraction of sp³-hybridized carbons (Fsp3) is 0.773. The number of fused-ring (bicyclic) bond motifs is 1. The van der Waals surface area contributed by atoms with Crippen molar-refractivity contribution in [3.8, 4) is 0 Å². The lowest BCUT2D eigenvalue weighted by molar-refractivity contribution is -0.256. The van der Waals surface area contributed by atoms with Crippen LogP contribution in [0.25, 0.3) is 0 Å². The quantitative estimate of drug-likeness (QED) is 0.691. The minimum Gasteiger partial charge on any atom is -0.492 e. The van der Waals surface area contributed by atoms with Crippen molar-refractivity contribution < 1.29 is 23.7 Å². The molecule has 152 valence electrons. The molecular formula is C22H29NO5. The molecule has 5 fully saturated rings. The number of esters is 1. The molecule has 2 unspecified atom stereocenters. The molecular weight excluding hydrogens is 358 g/mol. The molecule has 0 aromatic carbocycles. The van der Waals surface area contributed by atoms with Crippen molar-refractivity contribution in [2.24, 2.45) is 17.8 Å². The first-order valence-electron chi connectivity index (χ1n) is 10.8. The van der Waals surface area contributed by atoms with E-state index in [9.17, 15) is 4.79 Å². The molecule has 1 spiro atoms. The van der Waals surface area contributed by atoms with Crippen molar-refractivity contribution in [1.29, 1.82) is 0 Å². The van der Waals surface area contributed by atoms with Crippen LogP contribution in [0.5, 0.6) is 0 Å². The highest BCUT2D eigenvalue weighted by atomic mass is 16.7. The number of nitrogens with zero attached hydrogens (tertiary/aromatic N) is 1. The first-order chi connectivity index (χ1) is 13.5. The Hall–Kier alpha value is -1.53. The Bertz CT molecular complexity index is 833. The highest BCUT2D eigenvalue weighted by molar-refractivity contribution is 5.93. The number of unbranched alkanes of at least 4 members (excludes halogenated alkanes) is 1. The summed E-state index contributed by atoms with van der Waals surface area (Å²) >= 11 is 0. The maximum absolute atomic E-state index is 12.2. The van der Waals surface area contributed by atoms with Gasteiger partial charge >= 0.3 is 5.97 Å². The lowest BCUT2D eigenvalue weighted by Gasteiger charge is -2.48. The molecule has 0 aromatic rings. The van der Waals surface area contributed by atoms with Gasteiger partial charge in [-0.25, -0.2) is 4.79 Å². The number of ether oxygens (including phenoxy) is 4. The maximum Gasteiger partial charge on any atom is 0.343 e. The minimum absolute atomic E-state index is 0.134. The maximum atomic E-state index is 12.2. The van der Waals surface area contributed by atoms with Crippen LogP contribution in [0.2, 0.25) is 0 Å². The molecule has 6 heterocycles. The number of cyclic esters (lactones) is 1. The first-order valence-corrected chi connectivity index (χ1v) is 10.8. The van der Waals surface area contributed by atoms with Gasteiger partial charge in [0.05, 0.1) is 30.2 Å². The third-order valence-electron chi connectivity index (χ3n) is 8.53. The Labute approximate surface area is 165 Å². The molecule has 6 nitrogen and oxygen atoms in total. The van der Waals surface area contributed by atoms with Gasteiger partial charge in [0.15, 0.2) is 5.76 Å². The molecule has 5 bridgehead atoms. The van der Waals surface area contributed by atoms with E-state index in [1.165, 1.54) is 19.3 Å². The molecule has 8 atom stereocenters. The van der Waals surface area contributed by atoms with Crippen LogP contribution in [0.1, 0.15) is 52.9 Å². The molecule has 0 N–H and O–H groups in total. The van der Waals surface area contributed by atoms with Crippen LogP contribution in [0.15, 0.2) is 22.9 Å². The van der Waals surface area contributed by atoms with Crippen LogP contribution in [0, 0.1) is 17.8 Å². The molecule has 0 amide bonds. The largest absolute Gasteiger partial charge is 0.492 e. The lowest BCUT2D eigenvalue weighted by Crippen LogP contribution is -2.61. The van der Waals surface area contributed by atoms with Crippen LogP contribution < -0.4 is 0 Å². The highest BCUT2D eigenvalue weighted by Crippen LogP contribution is 2.73. The van der Waals surface area contributed by atoms with Crippen LogP contribution in [0.3, 0.4) is 0 Å². The van der Waals surface area contributed by atoms with Gasteiger partial charge in [-0.15, -0.1) is 0 Å². The van der Waals surface area contributed by atoms with Crippen LogP contribution >= 0.6 is 0 Å². The number of piperidine rings is 1. The van der Waals surface area contributed by atoms with Gasteiger partial charge in [0.1, 0.15) is 5.76 Å². The predicted octanol–water partition coefficient (Wildman–Crippen LogP) is 3.09. The van der Waals surface area contributed by atoms with Gasteiger partial charge < -0.3 is 18.9 Å². The summed E-state index contributed by atoms with van der Waals surface area (Å²) in [6, 6.07) is 0.496. The van der Waals surface area contributed by atoms with E-state index >= 15 is 0 Å². The molecule has 0 radical (unpaired) electrons. The molecule has 0 aliphatic carbocycles. The van der Waals surface area contributed by atoms with Crippen molar-refractivity contribution in [2.75, 3.05) is 13.7 Å². The second-order valence-corrected chi connectivity index (χ2v) is 9.42. The molecule has 6 aliphatic rings. The monoisotopic (exact) mass is 387 g/mol. The Kier molecular flexibility index (Phi) is 3.30. The standard InChI is InChI=1S/C22H29NO5/c1-5-6-8-21-14-7-9-23(21)13-10-15(21)27-22(14)16(13)11(2)18(28-22)19-17(25-4)12(3)20(24)26-19/h11,13-16H,5-10H2,1-4H3/b19-18-/t11-,13-,14+,15-,16+,21?,22+/m0/s1. The third kappa shape index (κ3) is 1.65. The number of allylic oxidation sites excluding steroid dienone is 1.